The Morgan fingerprint density at radius 3 is 2.62 bits per heavy atom. The number of aliphatic hydroxyl groups is 1. The molecule has 0 aromatic carbocycles. The maximum atomic E-state index is 15.7. The van der Waals surface area contributed by atoms with Crippen LogP contribution in [0.15, 0.2) is 55.1 Å². The number of piperidine rings is 1. The van der Waals surface area contributed by atoms with Gasteiger partial charge in [0, 0.05) is 36.7 Å². The van der Waals surface area contributed by atoms with E-state index in [4.69, 9.17) is 4.74 Å². The summed E-state index contributed by atoms with van der Waals surface area (Å²) in [6.45, 7) is 4.84. The van der Waals surface area contributed by atoms with Crippen LogP contribution in [0.3, 0.4) is 0 Å². The van der Waals surface area contributed by atoms with Crippen LogP contribution in [0.25, 0.3) is 16.6 Å². The molecule has 1 saturated heterocycles. The average Bonchev–Trinajstić information content (AvgIpc) is 3.31. The van der Waals surface area contributed by atoms with Crippen LogP contribution in [0.4, 0.5) is 10.2 Å². The molecule has 4 aromatic heterocycles. The van der Waals surface area contributed by atoms with Crippen molar-refractivity contribution in [1.29, 1.82) is 5.26 Å². The van der Waals surface area contributed by atoms with Gasteiger partial charge < -0.3 is 14.7 Å². The van der Waals surface area contributed by atoms with E-state index >= 15 is 4.39 Å². The largest absolute Gasteiger partial charge is 0.486 e. The fraction of sp³-hybridized carbons (Fsp3) is 0.357. The van der Waals surface area contributed by atoms with Crippen molar-refractivity contribution in [3.8, 4) is 22.9 Å². The molecule has 0 bridgehead atoms. The predicted molar refractivity (Wildman–Crippen MR) is 138 cm³/mol. The fourth-order valence-corrected chi connectivity index (χ4v) is 4.71. The number of fused-ring (bicyclic) bond motifs is 1. The van der Waals surface area contributed by atoms with Gasteiger partial charge in [-0.05, 0) is 63.3 Å². The molecule has 0 atom stereocenters. The third-order valence-corrected chi connectivity index (χ3v) is 6.61. The fourth-order valence-electron chi connectivity index (χ4n) is 4.71. The van der Waals surface area contributed by atoms with Crippen LogP contribution in [-0.2, 0) is 6.42 Å². The number of nitrogens with zero attached hydrogens (tertiary/aromatic N) is 6. The molecule has 0 unspecified atom stereocenters. The number of rotatable bonds is 7. The van der Waals surface area contributed by atoms with Gasteiger partial charge in [-0.2, -0.15) is 10.4 Å². The zero-order chi connectivity index (χ0) is 26.0. The molecule has 1 fully saturated rings. The molecule has 5 rings (SSSR count). The lowest BCUT2D eigenvalue weighted by Gasteiger charge is -2.32. The molecule has 37 heavy (non-hydrogen) atoms. The Bertz CT molecular complexity index is 1420. The van der Waals surface area contributed by atoms with Crippen molar-refractivity contribution in [3.05, 3.63) is 72.2 Å². The van der Waals surface area contributed by atoms with Gasteiger partial charge in [-0.1, -0.05) is 6.07 Å². The van der Waals surface area contributed by atoms with Crippen molar-refractivity contribution in [2.24, 2.45) is 5.92 Å². The lowest BCUT2D eigenvalue weighted by molar-refractivity contribution is 0.0270. The normalized spacial score (nSPS) is 14.6. The topological polar surface area (TPSA) is 99.6 Å². The second kappa shape index (κ2) is 10.1. The summed E-state index contributed by atoms with van der Waals surface area (Å²) in [5.41, 5.74) is 1.29. The molecule has 1 aliphatic heterocycles. The maximum Gasteiger partial charge on any atom is 0.176 e. The van der Waals surface area contributed by atoms with Gasteiger partial charge in [-0.15, -0.1) is 0 Å². The summed E-state index contributed by atoms with van der Waals surface area (Å²) < 4.78 is 22.7. The molecule has 0 aliphatic carbocycles. The van der Waals surface area contributed by atoms with Crippen molar-refractivity contribution in [1.82, 2.24) is 19.6 Å². The molecule has 0 amide bonds. The van der Waals surface area contributed by atoms with Crippen molar-refractivity contribution in [2.75, 3.05) is 24.6 Å². The van der Waals surface area contributed by atoms with Crippen LogP contribution < -0.4 is 9.64 Å². The summed E-state index contributed by atoms with van der Waals surface area (Å²) in [5.74, 6) is 0.737. The minimum absolute atomic E-state index is 0.0590. The first kappa shape index (κ1) is 24.7. The van der Waals surface area contributed by atoms with Crippen molar-refractivity contribution in [3.63, 3.8) is 0 Å². The molecule has 0 saturated carbocycles. The molecule has 8 nitrogen and oxygen atoms in total. The van der Waals surface area contributed by atoms with E-state index in [2.05, 4.69) is 32.1 Å². The zero-order valence-electron chi connectivity index (χ0n) is 20.9. The summed E-state index contributed by atoms with van der Waals surface area (Å²) >= 11 is 0. The molecule has 1 N–H and O–H groups in total. The first-order valence-electron chi connectivity index (χ1n) is 12.4. The van der Waals surface area contributed by atoms with E-state index in [0.29, 0.717) is 17.0 Å². The van der Waals surface area contributed by atoms with Crippen molar-refractivity contribution >= 4 is 11.3 Å². The van der Waals surface area contributed by atoms with Crippen LogP contribution in [0, 0.1) is 23.1 Å². The zero-order valence-corrected chi connectivity index (χ0v) is 20.9. The van der Waals surface area contributed by atoms with Crippen LogP contribution in [0.1, 0.15) is 37.9 Å². The molecule has 9 heteroatoms. The first-order valence-corrected chi connectivity index (χ1v) is 12.4. The third kappa shape index (κ3) is 5.39. The van der Waals surface area contributed by atoms with Crippen LogP contribution in [-0.4, -0.2) is 50.0 Å². The summed E-state index contributed by atoms with van der Waals surface area (Å²) in [6.07, 6.45) is 9.34. The summed E-state index contributed by atoms with van der Waals surface area (Å²) in [4.78, 5) is 11.3. The number of hydrogen-bond donors (Lipinski definition) is 1. The lowest BCUT2D eigenvalue weighted by Crippen LogP contribution is -2.34. The van der Waals surface area contributed by atoms with Gasteiger partial charge in [0.1, 0.15) is 18.5 Å². The minimum Gasteiger partial charge on any atom is -0.486 e. The molecule has 190 valence electrons. The SMILES string of the molecule is CC(C)(O)COc1cn2ncc(C#N)c2c(-c2ccc(N3CCC(Cc4ccccn4)CC3)nc2)c1F. The standard InChI is InChI=1S/C28H29FN6O2/c1-28(2,36)18-37-23-17-35-27(21(14-30)16-33-35)25(26(23)29)20-6-7-24(32-15-20)34-11-8-19(9-12-34)13-22-5-3-4-10-31-22/h3-7,10,15-17,19,36H,8-9,11-13,18H2,1-2H3. The first-order chi connectivity index (χ1) is 17.8. The second-order valence-corrected chi connectivity index (χ2v) is 10.1. The van der Waals surface area contributed by atoms with Crippen LogP contribution >= 0.6 is 0 Å². The Morgan fingerprint density at radius 1 is 1.16 bits per heavy atom. The van der Waals surface area contributed by atoms with Gasteiger partial charge in [0.05, 0.1) is 34.6 Å². The van der Waals surface area contributed by atoms with E-state index in [9.17, 15) is 10.4 Å². The molecular weight excluding hydrogens is 471 g/mol. The van der Waals surface area contributed by atoms with Gasteiger partial charge in [0.25, 0.3) is 0 Å². The smallest absolute Gasteiger partial charge is 0.176 e. The van der Waals surface area contributed by atoms with Gasteiger partial charge in [0.15, 0.2) is 11.6 Å². The van der Waals surface area contributed by atoms with E-state index in [-0.39, 0.29) is 23.5 Å². The average molecular weight is 501 g/mol. The highest BCUT2D eigenvalue weighted by Gasteiger charge is 2.24. The molecular formula is C28H29FN6O2. The monoisotopic (exact) mass is 500 g/mol. The molecule has 5 heterocycles. The van der Waals surface area contributed by atoms with Crippen molar-refractivity contribution < 1.29 is 14.2 Å². The van der Waals surface area contributed by atoms with Gasteiger partial charge in [-0.25, -0.2) is 13.9 Å². The summed E-state index contributed by atoms with van der Waals surface area (Å²) in [5, 5.41) is 23.8. The van der Waals surface area contributed by atoms with E-state index in [1.807, 2.05) is 30.5 Å². The van der Waals surface area contributed by atoms with Crippen LogP contribution in [0.5, 0.6) is 5.75 Å². The van der Waals surface area contributed by atoms with E-state index in [1.54, 1.807) is 20.0 Å². The Labute approximate surface area is 215 Å². The summed E-state index contributed by atoms with van der Waals surface area (Å²) in [6, 6.07) is 11.8. The third-order valence-electron chi connectivity index (χ3n) is 6.61. The highest BCUT2D eigenvalue weighted by Crippen LogP contribution is 2.35. The van der Waals surface area contributed by atoms with Gasteiger partial charge in [-0.3, -0.25) is 4.98 Å². The lowest BCUT2D eigenvalue weighted by atomic mass is 9.92. The Kier molecular flexibility index (Phi) is 6.76. The van der Waals surface area contributed by atoms with E-state index in [1.165, 1.54) is 16.9 Å². The van der Waals surface area contributed by atoms with Gasteiger partial charge in [0.2, 0.25) is 0 Å². The molecule has 1 aliphatic rings. The highest BCUT2D eigenvalue weighted by molar-refractivity contribution is 5.85. The molecule has 0 radical (unpaired) electrons. The van der Waals surface area contributed by atoms with Crippen LogP contribution in [0.2, 0.25) is 0 Å². The van der Waals surface area contributed by atoms with Gasteiger partial charge >= 0.3 is 0 Å². The number of aromatic nitrogens is 4. The number of anilines is 1. The second-order valence-electron chi connectivity index (χ2n) is 10.1. The quantitative estimate of drug-likeness (QED) is 0.401. The van der Waals surface area contributed by atoms with E-state index in [0.717, 1.165) is 43.9 Å². The Balaban J connectivity index is 1.38. The number of halogens is 1. The number of hydrogen-bond acceptors (Lipinski definition) is 7. The van der Waals surface area contributed by atoms with Crippen molar-refractivity contribution in [2.45, 2.75) is 38.7 Å². The number of ether oxygens (including phenoxy) is 1. The predicted octanol–water partition coefficient (Wildman–Crippen LogP) is 4.41. The Morgan fingerprint density at radius 2 is 1.97 bits per heavy atom. The van der Waals surface area contributed by atoms with E-state index < -0.39 is 11.4 Å². The number of pyridine rings is 3. The number of nitriles is 1. The Hall–Kier alpha value is -4.03. The maximum absolute atomic E-state index is 15.7. The highest BCUT2D eigenvalue weighted by atomic mass is 19.1. The minimum atomic E-state index is -1.14. The summed E-state index contributed by atoms with van der Waals surface area (Å²) in [7, 11) is 0. The molecule has 0 spiro atoms. The molecule has 4 aromatic rings.